The van der Waals surface area contributed by atoms with Gasteiger partial charge in [-0.25, -0.2) is 0 Å². The Balaban J connectivity index is 0. The van der Waals surface area contributed by atoms with Crippen LogP contribution in [-0.4, -0.2) is 50.8 Å². The van der Waals surface area contributed by atoms with Crippen molar-refractivity contribution in [3.8, 4) is 0 Å². The number of carbonyl (C=O) groups is 1. The van der Waals surface area contributed by atoms with Gasteiger partial charge in [0, 0.05) is 26.2 Å². The van der Waals surface area contributed by atoms with Gasteiger partial charge in [-0.05, 0) is 57.2 Å². The third-order valence-corrected chi connectivity index (χ3v) is 3.95. The van der Waals surface area contributed by atoms with Gasteiger partial charge in [0.2, 0.25) is 5.91 Å². The first kappa shape index (κ1) is 24.0. The highest BCUT2D eigenvalue weighted by atomic mass is 32.2. The second-order valence-electron chi connectivity index (χ2n) is 4.84. The van der Waals surface area contributed by atoms with Crippen molar-refractivity contribution >= 4 is 17.7 Å². The number of rotatable bonds is 15. The van der Waals surface area contributed by atoms with E-state index in [1.807, 2.05) is 32.7 Å². The first-order valence-electron chi connectivity index (χ1n) is 8.88. The molecule has 134 valence electrons. The monoisotopic (exact) mass is 334 g/mol. The number of amides is 1. The summed E-state index contributed by atoms with van der Waals surface area (Å²) in [5.41, 5.74) is 0. The van der Waals surface area contributed by atoms with E-state index < -0.39 is 0 Å². The van der Waals surface area contributed by atoms with Gasteiger partial charge in [0.15, 0.2) is 0 Å². The van der Waals surface area contributed by atoms with Crippen LogP contribution in [0, 0.1) is 0 Å². The van der Waals surface area contributed by atoms with Crippen LogP contribution in [-0.2, 0) is 9.53 Å². The molecule has 22 heavy (non-hydrogen) atoms. The molecule has 0 aliphatic rings. The Bertz CT molecular complexity index is 217. The van der Waals surface area contributed by atoms with Crippen LogP contribution in [0.2, 0.25) is 0 Å². The molecule has 0 aromatic carbocycles. The van der Waals surface area contributed by atoms with Gasteiger partial charge in [0.25, 0.3) is 0 Å². The SMILES string of the molecule is CC.CCCOCCCC(=O)NCCCCSCCCNC. The first-order chi connectivity index (χ1) is 10.8. The standard InChI is InChI=1S/C15H32N2O2S.C2H6/c1-3-11-19-12-6-8-15(18)17-10-4-5-13-20-14-7-9-16-2;1-2/h16H,3-14H2,1-2H3,(H,17,18);1-2H3. The second-order valence-corrected chi connectivity index (χ2v) is 6.07. The molecule has 0 saturated heterocycles. The lowest BCUT2D eigenvalue weighted by Gasteiger charge is -2.06. The minimum Gasteiger partial charge on any atom is -0.381 e. The molecule has 0 bridgehead atoms. The molecule has 0 radical (unpaired) electrons. The van der Waals surface area contributed by atoms with Crippen molar-refractivity contribution in [2.24, 2.45) is 0 Å². The van der Waals surface area contributed by atoms with Crippen LogP contribution in [0.3, 0.4) is 0 Å². The van der Waals surface area contributed by atoms with Crippen molar-refractivity contribution in [2.45, 2.75) is 59.3 Å². The smallest absolute Gasteiger partial charge is 0.220 e. The predicted octanol–water partition coefficient (Wildman–Crippen LogP) is 3.46. The van der Waals surface area contributed by atoms with E-state index in [0.29, 0.717) is 13.0 Å². The normalized spacial score (nSPS) is 10.0. The number of carbonyl (C=O) groups excluding carboxylic acids is 1. The average molecular weight is 335 g/mol. The Kier molecular flexibility index (Phi) is 25.1. The molecule has 0 fully saturated rings. The van der Waals surface area contributed by atoms with Crippen LogP contribution in [0.5, 0.6) is 0 Å². The molecule has 0 spiro atoms. The first-order valence-corrected chi connectivity index (χ1v) is 10.0. The molecule has 0 aliphatic carbocycles. The molecule has 2 N–H and O–H groups in total. The highest BCUT2D eigenvalue weighted by Crippen LogP contribution is 2.05. The summed E-state index contributed by atoms with van der Waals surface area (Å²) in [5.74, 6) is 2.59. The molecule has 0 aromatic rings. The zero-order chi connectivity index (χ0) is 16.9. The minimum atomic E-state index is 0.159. The maximum Gasteiger partial charge on any atom is 0.220 e. The van der Waals surface area contributed by atoms with E-state index in [-0.39, 0.29) is 5.91 Å². The van der Waals surface area contributed by atoms with Crippen LogP contribution in [0.25, 0.3) is 0 Å². The zero-order valence-electron chi connectivity index (χ0n) is 15.2. The van der Waals surface area contributed by atoms with Crippen LogP contribution in [0.4, 0.5) is 0 Å². The largest absolute Gasteiger partial charge is 0.381 e. The van der Waals surface area contributed by atoms with Gasteiger partial charge in [-0.1, -0.05) is 20.8 Å². The molecule has 0 atom stereocenters. The second kappa shape index (κ2) is 23.0. The lowest BCUT2D eigenvalue weighted by atomic mass is 10.3. The fourth-order valence-electron chi connectivity index (χ4n) is 1.68. The highest BCUT2D eigenvalue weighted by molar-refractivity contribution is 7.99. The van der Waals surface area contributed by atoms with Gasteiger partial charge in [0.1, 0.15) is 0 Å². The molecule has 0 rings (SSSR count). The van der Waals surface area contributed by atoms with E-state index >= 15 is 0 Å². The number of hydrogen-bond donors (Lipinski definition) is 2. The number of nitrogens with one attached hydrogen (secondary N) is 2. The van der Waals surface area contributed by atoms with Crippen LogP contribution in [0.15, 0.2) is 0 Å². The van der Waals surface area contributed by atoms with Gasteiger partial charge in [-0.15, -0.1) is 0 Å². The summed E-state index contributed by atoms with van der Waals surface area (Å²) in [6.07, 6.45) is 5.95. The molecule has 0 unspecified atom stereocenters. The Morgan fingerprint density at radius 3 is 2.41 bits per heavy atom. The lowest BCUT2D eigenvalue weighted by Crippen LogP contribution is -2.24. The zero-order valence-corrected chi connectivity index (χ0v) is 16.0. The maximum absolute atomic E-state index is 11.5. The average Bonchev–Trinajstić information content (AvgIpc) is 2.55. The van der Waals surface area contributed by atoms with E-state index in [0.717, 1.165) is 39.0 Å². The molecular formula is C17H38N2O2S. The topological polar surface area (TPSA) is 50.4 Å². The molecular weight excluding hydrogens is 296 g/mol. The van der Waals surface area contributed by atoms with E-state index in [9.17, 15) is 4.79 Å². The number of hydrogen-bond acceptors (Lipinski definition) is 4. The summed E-state index contributed by atoms with van der Waals surface area (Å²) in [6.45, 7) is 9.50. The van der Waals surface area contributed by atoms with Crippen molar-refractivity contribution in [2.75, 3.05) is 44.9 Å². The van der Waals surface area contributed by atoms with Crippen molar-refractivity contribution in [3.63, 3.8) is 0 Å². The van der Waals surface area contributed by atoms with E-state index in [2.05, 4.69) is 17.6 Å². The van der Waals surface area contributed by atoms with Crippen LogP contribution in [0.1, 0.15) is 59.3 Å². The van der Waals surface area contributed by atoms with E-state index in [4.69, 9.17) is 4.74 Å². The maximum atomic E-state index is 11.5. The van der Waals surface area contributed by atoms with Gasteiger partial charge in [-0.2, -0.15) is 11.8 Å². The van der Waals surface area contributed by atoms with Gasteiger partial charge in [0.05, 0.1) is 0 Å². The third kappa shape index (κ3) is 22.0. The number of unbranched alkanes of at least 4 members (excludes halogenated alkanes) is 1. The lowest BCUT2D eigenvalue weighted by molar-refractivity contribution is -0.121. The molecule has 5 heteroatoms. The molecule has 0 saturated carbocycles. The number of thioether (sulfide) groups is 1. The Morgan fingerprint density at radius 2 is 1.73 bits per heavy atom. The van der Waals surface area contributed by atoms with Gasteiger partial charge in [-0.3, -0.25) is 4.79 Å². The van der Waals surface area contributed by atoms with Gasteiger partial charge < -0.3 is 15.4 Å². The molecule has 0 heterocycles. The van der Waals surface area contributed by atoms with Crippen molar-refractivity contribution in [1.82, 2.24) is 10.6 Å². The third-order valence-electron chi connectivity index (χ3n) is 2.79. The summed E-state index contributed by atoms with van der Waals surface area (Å²) in [7, 11) is 1.99. The molecule has 4 nitrogen and oxygen atoms in total. The van der Waals surface area contributed by atoms with Crippen LogP contribution < -0.4 is 10.6 Å². The quantitative estimate of drug-likeness (QED) is 0.450. The van der Waals surface area contributed by atoms with E-state index in [1.54, 1.807) is 0 Å². The van der Waals surface area contributed by atoms with Gasteiger partial charge >= 0.3 is 0 Å². The van der Waals surface area contributed by atoms with Crippen molar-refractivity contribution in [3.05, 3.63) is 0 Å². The minimum absolute atomic E-state index is 0.159. The number of ether oxygens (including phenoxy) is 1. The Morgan fingerprint density at radius 1 is 1.00 bits per heavy atom. The summed E-state index contributed by atoms with van der Waals surface area (Å²) >= 11 is 2.00. The van der Waals surface area contributed by atoms with E-state index in [1.165, 1.54) is 24.3 Å². The Labute approximate surface area is 142 Å². The Hall–Kier alpha value is -0.260. The summed E-state index contributed by atoms with van der Waals surface area (Å²) in [6, 6.07) is 0. The summed E-state index contributed by atoms with van der Waals surface area (Å²) < 4.78 is 5.34. The molecule has 1 amide bonds. The predicted molar refractivity (Wildman–Crippen MR) is 99.8 cm³/mol. The fourth-order valence-corrected chi connectivity index (χ4v) is 2.64. The summed E-state index contributed by atoms with van der Waals surface area (Å²) in [4.78, 5) is 11.5. The van der Waals surface area contributed by atoms with Crippen molar-refractivity contribution < 1.29 is 9.53 Å². The molecule has 0 aromatic heterocycles. The summed E-state index contributed by atoms with van der Waals surface area (Å²) in [5, 5.41) is 6.12. The fraction of sp³-hybridized carbons (Fsp3) is 0.941. The van der Waals surface area contributed by atoms with Crippen LogP contribution >= 0.6 is 11.8 Å². The highest BCUT2D eigenvalue weighted by Gasteiger charge is 2.00. The van der Waals surface area contributed by atoms with Crippen molar-refractivity contribution in [1.29, 1.82) is 0 Å². The molecule has 0 aliphatic heterocycles.